The van der Waals surface area contributed by atoms with Crippen LogP contribution in [-0.4, -0.2) is 21.9 Å². The highest BCUT2D eigenvalue weighted by Crippen LogP contribution is 2.35. The molecule has 25 heavy (non-hydrogen) atoms. The molecule has 0 aliphatic carbocycles. The molecule has 8 heteroatoms. The molecule has 1 heterocycles. The van der Waals surface area contributed by atoms with Gasteiger partial charge in [0.05, 0.1) is 12.7 Å². The highest BCUT2D eigenvalue weighted by atomic mass is 35.5. The van der Waals surface area contributed by atoms with Crippen molar-refractivity contribution in [3.8, 4) is 17.1 Å². The topological polar surface area (TPSA) is 39.9 Å². The first-order valence-corrected chi connectivity index (χ1v) is 9.42. The summed E-state index contributed by atoms with van der Waals surface area (Å²) in [6.07, 6.45) is 0. The predicted molar refractivity (Wildman–Crippen MR) is 104 cm³/mol. The minimum absolute atomic E-state index is 0.594. The number of hydrogen-bond donors (Lipinski definition) is 0. The van der Waals surface area contributed by atoms with E-state index < -0.39 is 0 Å². The molecule has 0 saturated carbocycles. The van der Waals surface area contributed by atoms with Crippen LogP contribution >= 0.6 is 46.6 Å². The minimum atomic E-state index is 0.594. The molecule has 0 aliphatic rings. The third kappa shape index (κ3) is 3.90. The highest BCUT2D eigenvalue weighted by Gasteiger charge is 2.16. The van der Waals surface area contributed by atoms with Crippen LogP contribution in [0.3, 0.4) is 0 Å². The molecule has 0 N–H and O–H groups in total. The summed E-state index contributed by atoms with van der Waals surface area (Å²) in [5.74, 6) is 1.95. The highest BCUT2D eigenvalue weighted by molar-refractivity contribution is 7.98. The van der Waals surface area contributed by atoms with Gasteiger partial charge in [-0.1, -0.05) is 52.6 Å². The molecule has 3 aromatic rings. The Morgan fingerprint density at radius 3 is 2.48 bits per heavy atom. The molecule has 1 aromatic heterocycles. The van der Waals surface area contributed by atoms with Crippen LogP contribution in [0.4, 0.5) is 0 Å². The summed E-state index contributed by atoms with van der Waals surface area (Å²) in [6.45, 7) is 0. The summed E-state index contributed by atoms with van der Waals surface area (Å²) in [5, 5.41) is 11.2. The van der Waals surface area contributed by atoms with Gasteiger partial charge in [-0.15, -0.1) is 10.2 Å². The summed E-state index contributed by atoms with van der Waals surface area (Å²) in [4.78, 5) is 0. The fourth-order valence-electron chi connectivity index (χ4n) is 2.34. The van der Waals surface area contributed by atoms with Gasteiger partial charge in [-0.25, -0.2) is 0 Å². The van der Waals surface area contributed by atoms with Crippen molar-refractivity contribution >= 4 is 46.6 Å². The monoisotopic (exact) mass is 413 g/mol. The largest absolute Gasteiger partial charge is 0.496 e. The molecule has 0 radical (unpaired) electrons. The third-order valence-electron chi connectivity index (χ3n) is 3.64. The van der Waals surface area contributed by atoms with Crippen LogP contribution in [0.1, 0.15) is 5.56 Å². The quantitative estimate of drug-likeness (QED) is 0.499. The van der Waals surface area contributed by atoms with Gasteiger partial charge in [0, 0.05) is 27.9 Å². The van der Waals surface area contributed by atoms with E-state index in [0.29, 0.717) is 32.4 Å². The van der Waals surface area contributed by atoms with E-state index in [0.717, 1.165) is 16.3 Å². The summed E-state index contributed by atoms with van der Waals surface area (Å²) < 4.78 is 7.29. The van der Waals surface area contributed by atoms with E-state index >= 15 is 0 Å². The number of methoxy groups -OCH3 is 1. The molecule has 0 fully saturated rings. The first-order chi connectivity index (χ1) is 12.0. The molecule has 0 spiro atoms. The van der Waals surface area contributed by atoms with E-state index in [1.54, 1.807) is 13.2 Å². The Balaban J connectivity index is 1.88. The van der Waals surface area contributed by atoms with Crippen LogP contribution in [0.25, 0.3) is 11.4 Å². The lowest BCUT2D eigenvalue weighted by Gasteiger charge is -2.09. The Hall–Kier alpha value is -1.40. The average molecular weight is 415 g/mol. The van der Waals surface area contributed by atoms with Crippen LogP contribution in [0.2, 0.25) is 15.1 Å². The van der Waals surface area contributed by atoms with Gasteiger partial charge < -0.3 is 9.30 Å². The van der Waals surface area contributed by atoms with Crippen LogP contribution in [0, 0.1) is 0 Å². The zero-order chi connectivity index (χ0) is 18.0. The molecule has 2 aromatic carbocycles. The summed E-state index contributed by atoms with van der Waals surface area (Å²) in [6, 6.07) is 10.9. The molecule has 0 aliphatic heterocycles. The Bertz CT molecular complexity index is 894. The number of rotatable bonds is 5. The zero-order valence-corrected chi connectivity index (χ0v) is 16.5. The SMILES string of the molecule is COc1ccc(Cl)cc1-c1nnc(SCc2c(Cl)cccc2Cl)n1C. The number of ether oxygens (including phenoxy) is 1. The summed E-state index contributed by atoms with van der Waals surface area (Å²) in [7, 11) is 3.50. The van der Waals surface area contributed by atoms with E-state index in [2.05, 4.69) is 10.2 Å². The zero-order valence-electron chi connectivity index (χ0n) is 13.5. The number of aromatic nitrogens is 3. The van der Waals surface area contributed by atoms with E-state index in [-0.39, 0.29) is 0 Å². The average Bonchev–Trinajstić information content (AvgIpc) is 2.95. The molecule has 0 amide bonds. The van der Waals surface area contributed by atoms with Gasteiger partial charge in [0.25, 0.3) is 0 Å². The van der Waals surface area contributed by atoms with Crippen molar-refractivity contribution in [2.45, 2.75) is 10.9 Å². The fraction of sp³-hybridized carbons (Fsp3) is 0.176. The van der Waals surface area contributed by atoms with E-state index in [9.17, 15) is 0 Å². The van der Waals surface area contributed by atoms with Gasteiger partial charge in [-0.2, -0.15) is 0 Å². The molecule has 3 rings (SSSR count). The second kappa shape index (κ2) is 7.87. The van der Waals surface area contributed by atoms with Crippen LogP contribution in [0.15, 0.2) is 41.6 Å². The van der Waals surface area contributed by atoms with Gasteiger partial charge in [0.15, 0.2) is 11.0 Å². The van der Waals surface area contributed by atoms with Gasteiger partial charge in [0.1, 0.15) is 5.75 Å². The Kier molecular flexibility index (Phi) is 5.79. The van der Waals surface area contributed by atoms with Crippen molar-refractivity contribution in [1.29, 1.82) is 0 Å². The van der Waals surface area contributed by atoms with Crippen molar-refractivity contribution in [3.63, 3.8) is 0 Å². The van der Waals surface area contributed by atoms with E-state index in [1.807, 2.05) is 41.9 Å². The van der Waals surface area contributed by atoms with Crippen molar-refractivity contribution in [2.75, 3.05) is 7.11 Å². The molecule has 0 unspecified atom stereocenters. The van der Waals surface area contributed by atoms with Gasteiger partial charge in [-0.05, 0) is 35.9 Å². The number of thioether (sulfide) groups is 1. The van der Waals surface area contributed by atoms with Crippen molar-refractivity contribution < 1.29 is 4.74 Å². The second-order valence-corrected chi connectivity index (χ2v) is 7.39. The van der Waals surface area contributed by atoms with Crippen molar-refractivity contribution in [3.05, 3.63) is 57.0 Å². The van der Waals surface area contributed by atoms with Crippen LogP contribution in [-0.2, 0) is 12.8 Å². The maximum absolute atomic E-state index is 6.22. The standard InChI is InChI=1S/C17H14Cl3N3OS/c1-23-16(11-8-10(18)6-7-15(11)24-2)21-22-17(23)25-9-12-13(19)4-3-5-14(12)20/h3-8H,9H2,1-2H3. The molecule has 4 nitrogen and oxygen atoms in total. The molecular formula is C17H14Cl3N3OS. The number of halogens is 3. The maximum Gasteiger partial charge on any atom is 0.191 e. The first-order valence-electron chi connectivity index (χ1n) is 7.30. The number of benzene rings is 2. The minimum Gasteiger partial charge on any atom is -0.496 e. The summed E-state index contributed by atoms with van der Waals surface area (Å²) in [5.41, 5.74) is 1.66. The van der Waals surface area contributed by atoms with E-state index in [1.165, 1.54) is 11.8 Å². The lowest BCUT2D eigenvalue weighted by Crippen LogP contribution is -1.97. The fourth-order valence-corrected chi connectivity index (χ4v) is 4.16. The van der Waals surface area contributed by atoms with Gasteiger partial charge in [0.2, 0.25) is 0 Å². The smallest absolute Gasteiger partial charge is 0.191 e. The Morgan fingerprint density at radius 2 is 1.80 bits per heavy atom. The molecule has 0 atom stereocenters. The molecule has 0 saturated heterocycles. The first kappa shape index (κ1) is 18.4. The third-order valence-corrected chi connectivity index (χ3v) is 5.63. The van der Waals surface area contributed by atoms with Crippen molar-refractivity contribution in [1.82, 2.24) is 14.8 Å². The maximum atomic E-state index is 6.22. The van der Waals surface area contributed by atoms with Gasteiger partial charge in [-0.3, -0.25) is 0 Å². The normalized spacial score (nSPS) is 10.9. The van der Waals surface area contributed by atoms with Crippen LogP contribution in [0.5, 0.6) is 5.75 Å². The second-order valence-electron chi connectivity index (χ2n) is 5.20. The number of nitrogens with zero attached hydrogens (tertiary/aromatic N) is 3. The predicted octanol–water partition coefficient (Wildman–Crippen LogP) is 5.74. The van der Waals surface area contributed by atoms with E-state index in [4.69, 9.17) is 39.5 Å². The molecular weight excluding hydrogens is 401 g/mol. The summed E-state index contributed by atoms with van der Waals surface area (Å²) >= 11 is 20.1. The van der Waals surface area contributed by atoms with Gasteiger partial charge >= 0.3 is 0 Å². The molecule has 0 bridgehead atoms. The van der Waals surface area contributed by atoms with Crippen molar-refractivity contribution in [2.24, 2.45) is 7.05 Å². The Morgan fingerprint density at radius 1 is 1.08 bits per heavy atom. The lowest BCUT2D eigenvalue weighted by atomic mass is 10.2. The Labute approximate surface area is 165 Å². The molecule has 130 valence electrons. The van der Waals surface area contributed by atoms with Crippen LogP contribution < -0.4 is 4.74 Å². The number of hydrogen-bond acceptors (Lipinski definition) is 4. The lowest BCUT2D eigenvalue weighted by molar-refractivity contribution is 0.416.